The molecule has 1 unspecified atom stereocenters. The third kappa shape index (κ3) is 4.11. The molecule has 1 amide bonds. The number of carboxylic acids is 1. The zero-order chi connectivity index (χ0) is 14.1. The molecule has 0 bridgehead atoms. The second-order valence-electron chi connectivity index (χ2n) is 3.63. The van der Waals surface area contributed by atoms with E-state index in [0.717, 1.165) is 0 Å². The third-order valence-corrected chi connectivity index (χ3v) is 3.41. The molecule has 0 radical (unpaired) electrons. The largest absolute Gasteiger partial charge is 0.477 e. The van der Waals surface area contributed by atoms with Crippen LogP contribution in [0.1, 0.15) is 13.3 Å². The first kappa shape index (κ1) is 15.2. The van der Waals surface area contributed by atoms with Gasteiger partial charge in [0.15, 0.2) is 0 Å². The van der Waals surface area contributed by atoms with Crippen LogP contribution in [0, 0.1) is 0 Å². The summed E-state index contributed by atoms with van der Waals surface area (Å²) >= 11 is 1.63. The fourth-order valence-corrected chi connectivity index (χ4v) is 2.84. The van der Waals surface area contributed by atoms with E-state index in [1.54, 1.807) is 17.8 Å². The van der Waals surface area contributed by atoms with Crippen LogP contribution in [-0.4, -0.2) is 47.2 Å². The van der Waals surface area contributed by atoms with E-state index in [0.29, 0.717) is 6.42 Å². The molecule has 0 aromatic heterocycles. The number of carbonyl (C=O) groups is 2. The van der Waals surface area contributed by atoms with Gasteiger partial charge in [0.1, 0.15) is 5.70 Å². The van der Waals surface area contributed by atoms with Gasteiger partial charge in [-0.3, -0.25) is 9.69 Å². The van der Waals surface area contributed by atoms with E-state index in [2.05, 4.69) is 0 Å². The molecule has 0 aliphatic carbocycles. The van der Waals surface area contributed by atoms with Crippen LogP contribution < -0.4 is 0 Å². The smallest absolute Gasteiger partial charge is 0.466 e. The minimum atomic E-state index is -4.64. The van der Waals surface area contributed by atoms with Crippen molar-refractivity contribution in [1.29, 1.82) is 0 Å². The van der Waals surface area contributed by atoms with E-state index in [1.807, 2.05) is 6.92 Å². The summed E-state index contributed by atoms with van der Waals surface area (Å²) in [4.78, 5) is 44.8. The van der Waals surface area contributed by atoms with Gasteiger partial charge in [-0.15, -0.1) is 11.8 Å². The molecule has 1 saturated heterocycles. The summed E-state index contributed by atoms with van der Waals surface area (Å²) in [6.07, 6.45) is 2.10. The molecule has 10 heteroatoms. The van der Waals surface area contributed by atoms with E-state index >= 15 is 0 Å². The van der Waals surface area contributed by atoms with Crippen LogP contribution in [0.25, 0.3) is 0 Å². The molecule has 0 saturated carbocycles. The molecule has 0 spiro atoms. The molecule has 2 aliphatic heterocycles. The number of phosphoric acid groups is 1. The van der Waals surface area contributed by atoms with E-state index < -0.39 is 13.8 Å². The Morgan fingerprint density at radius 1 is 1.50 bits per heavy atom. The van der Waals surface area contributed by atoms with Gasteiger partial charge < -0.3 is 19.8 Å². The zero-order valence-electron chi connectivity index (χ0n) is 9.26. The summed E-state index contributed by atoms with van der Waals surface area (Å²) in [5.74, 6) is -1.09. The topological polar surface area (TPSA) is 135 Å². The Kier molecular flexibility index (Phi) is 4.57. The molecule has 2 heterocycles. The van der Waals surface area contributed by atoms with Crippen molar-refractivity contribution in [3.8, 4) is 0 Å². The first-order valence-corrected chi connectivity index (χ1v) is 7.31. The molecular weight excluding hydrogens is 285 g/mol. The highest BCUT2D eigenvalue weighted by atomic mass is 32.2. The van der Waals surface area contributed by atoms with Crippen molar-refractivity contribution >= 4 is 31.5 Å². The van der Waals surface area contributed by atoms with Crippen molar-refractivity contribution in [3.63, 3.8) is 0 Å². The van der Waals surface area contributed by atoms with E-state index in [9.17, 15) is 9.59 Å². The second-order valence-corrected chi connectivity index (χ2v) is 6.22. The molecule has 2 rings (SSSR count). The molecule has 0 aromatic rings. The zero-order valence-corrected chi connectivity index (χ0v) is 11.0. The van der Waals surface area contributed by atoms with Gasteiger partial charge in [-0.25, -0.2) is 9.36 Å². The lowest BCUT2D eigenvalue weighted by Crippen LogP contribution is -2.53. The predicted octanol–water partition coefficient (Wildman–Crippen LogP) is -0.280. The number of amides is 1. The first-order chi connectivity index (χ1) is 8.09. The molecule has 18 heavy (non-hydrogen) atoms. The van der Waals surface area contributed by atoms with Crippen LogP contribution in [0.15, 0.2) is 11.8 Å². The summed E-state index contributed by atoms with van der Waals surface area (Å²) < 4.78 is 8.88. The Morgan fingerprint density at radius 2 is 2.00 bits per heavy atom. The predicted molar refractivity (Wildman–Crippen MR) is 62.3 cm³/mol. The van der Waals surface area contributed by atoms with Crippen LogP contribution in [0.2, 0.25) is 0 Å². The van der Waals surface area contributed by atoms with E-state index in [-0.39, 0.29) is 22.2 Å². The summed E-state index contributed by atoms with van der Waals surface area (Å²) in [6.45, 7) is 1.94. The Labute approximate surface area is 107 Å². The van der Waals surface area contributed by atoms with Crippen LogP contribution in [0.5, 0.6) is 0 Å². The highest BCUT2D eigenvalue weighted by Crippen LogP contribution is 2.40. The first-order valence-electron chi connectivity index (χ1n) is 4.80. The standard InChI is InChI=1S/C8H9NO3S.H3O4P/c1-4-2-5(8(11)12)9-6(10)3-7(9)13-4;1-5(2,3)4/h2,4,7H,3H2,1H3,(H,11,12);(H3,1,2,3,4)/t4?,7-;/m1./s1. The molecule has 2 atom stereocenters. The molecule has 1 fully saturated rings. The minimum absolute atomic E-state index is 0.0543. The molecule has 8 nitrogen and oxygen atoms in total. The molecule has 2 aliphatic rings. The number of β-lactam (4-membered cyclic amide) rings is 1. The number of aliphatic carboxylic acids is 1. The summed E-state index contributed by atoms with van der Waals surface area (Å²) in [6, 6.07) is 0. The summed E-state index contributed by atoms with van der Waals surface area (Å²) in [5.41, 5.74) is 0.146. The lowest BCUT2D eigenvalue weighted by molar-refractivity contribution is -0.146. The second kappa shape index (κ2) is 5.41. The molecule has 4 N–H and O–H groups in total. The Morgan fingerprint density at radius 3 is 2.39 bits per heavy atom. The number of carbonyl (C=O) groups excluding carboxylic acids is 1. The quantitative estimate of drug-likeness (QED) is 0.383. The highest BCUT2D eigenvalue weighted by Gasteiger charge is 2.44. The molecule has 0 aromatic carbocycles. The van der Waals surface area contributed by atoms with Crippen LogP contribution in [0.4, 0.5) is 0 Å². The monoisotopic (exact) mass is 297 g/mol. The highest BCUT2D eigenvalue weighted by molar-refractivity contribution is 8.00. The SMILES string of the molecule is CC1C=C(C(=O)O)N2C(=O)C[C@H]2S1.O=P(O)(O)O. The Balaban J connectivity index is 0.000000280. The van der Waals surface area contributed by atoms with Gasteiger partial charge in [0, 0.05) is 5.25 Å². The molecule has 102 valence electrons. The van der Waals surface area contributed by atoms with Gasteiger partial charge in [0.2, 0.25) is 5.91 Å². The van der Waals surface area contributed by atoms with Gasteiger partial charge in [-0.2, -0.15) is 0 Å². The number of hydrogen-bond donors (Lipinski definition) is 4. The van der Waals surface area contributed by atoms with E-state index in [1.165, 1.54) is 4.90 Å². The molecular formula is C8H12NO7PS. The Hall–Kier alpha value is -0.860. The maximum atomic E-state index is 11.1. The van der Waals surface area contributed by atoms with Crippen LogP contribution >= 0.6 is 19.6 Å². The number of rotatable bonds is 1. The van der Waals surface area contributed by atoms with Gasteiger partial charge in [-0.05, 0) is 13.0 Å². The number of fused-ring (bicyclic) bond motifs is 1. The third-order valence-electron chi connectivity index (χ3n) is 2.15. The number of carboxylic acid groups (broad SMARTS) is 1. The average Bonchev–Trinajstić information content (AvgIpc) is 2.12. The van der Waals surface area contributed by atoms with Crippen molar-refractivity contribution in [1.82, 2.24) is 4.90 Å². The number of hydrogen-bond acceptors (Lipinski definition) is 4. The lowest BCUT2D eigenvalue weighted by Gasteiger charge is -2.43. The maximum Gasteiger partial charge on any atom is 0.466 e. The van der Waals surface area contributed by atoms with Crippen molar-refractivity contribution in [2.75, 3.05) is 0 Å². The lowest BCUT2D eigenvalue weighted by atomic mass is 10.1. The van der Waals surface area contributed by atoms with Gasteiger partial charge in [-0.1, -0.05) is 0 Å². The fraction of sp³-hybridized carbons (Fsp3) is 0.500. The van der Waals surface area contributed by atoms with Crippen LogP contribution in [-0.2, 0) is 14.2 Å². The minimum Gasteiger partial charge on any atom is -0.477 e. The normalized spacial score (nSPS) is 26.3. The fourth-order valence-electron chi connectivity index (χ4n) is 1.55. The van der Waals surface area contributed by atoms with Crippen molar-refractivity contribution in [2.24, 2.45) is 0 Å². The summed E-state index contributed by atoms with van der Waals surface area (Å²) in [7, 11) is -4.64. The van der Waals surface area contributed by atoms with E-state index in [4.69, 9.17) is 24.4 Å². The number of nitrogens with zero attached hydrogens (tertiary/aromatic N) is 1. The van der Waals surface area contributed by atoms with Crippen molar-refractivity contribution < 1.29 is 33.9 Å². The maximum absolute atomic E-state index is 11.1. The average molecular weight is 297 g/mol. The van der Waals surface area contributed by atoms with Crippen molar-refractivity contribution in [3.05, 3.63) is 11.8 Å². The Bertz CT molecular complexity index is 436. The van der Waals surface area contributed by atoms with Crippen molar-refractivity contribution in [2.45, 2.75) is 24.0 Å². The summed E-state index contributed by atoms with van der Waals surface area (Å²) in [5, 5.41) is 9.06. The van der Waals surface area contributed by atoms with Gasteiger partial charge in [0.25, 0.3) is 0 Å². The van der Waals surface area contributed by atoms with Crippen LogP contribution in [0.3, 0.4) is 0 Å². The van der Waals surface area contributed by atoms with Gasteiger partial charge >= 0.3 is 13.8 Å². The number of thioether (sulfide) groups is 1. The van der Waals surface area contributed by atoms with Gasteiger partial charge in [0.05, 0.1) is 11.8 Å².